The number of aromatic nitrogens is 1. The highest BCUT2D eigenvalue weighted by Gasteiger charge is 2.32. The molecule has 0 radical (unpaired) electrons. The molecule has 2 aliphatic rings. The van der Waals surface area contributed by atoms with Gasteiger partial charge < -0.3 is 15.1 Å². The van der Waals surface area contributed by atoms with E-state index in [2.05, 4.69) is 21.3 Å². The zero-order chi connectivity index (χ0) is 13.9. The molecule has 0 aromatic carbocycles. The van der Waals surface area contributed by atoms with Crippen LogP contribution in [0, 0.1) is 11.3 Å². The van der Waals surface area contributed by atoms with E-state index >= 15 is 0 Å². The number of rotatable bonds is 2. The molecule has 1 unspecified atom stereocenters. The molecule has 3 heterocycles. The molecule has 0 spiro atoms. The fraction of sp³-hybridized carbons (Fsp3) is 0.500. The first-order valence-electron chi connectivity index (χ1n) is 6.94. The largest absolute Gasteiger partial charge is 0.353 e. The minimum Gasteiger partial charge on any atom is -0.353 e. The summed E-state index contributed by atoms with van der Waals surface area (Å²) in [7, 11) is 0. The Morgan fingerprint density at radius 2 is 2.35 bits per heavy atom. The van der Waals surface area contributed by atoms with Crippen LogP contribution in [-0.2, 0) is 0 Å². The molecular formula is C14H17N5O. The third kappa shape index (κ3) is 2.27. The molecule has 104 valence electrons. The minimum absolute atomic E-state index is 0.0263. The van der Waals surface area contributed by atoms with Gasteiger partial charge in [-0.25, -0.2) is 9.78 Å². The van der Waals surface area contributed by atoms with Gasteiger partial charge in [0.15, 0.2) is 0 Å². The van der Waals surface area contributed by atoms with E-state index in [0.29, 0.717) is 5.56 Å². The van der Waals surface area contributed by atoms with Crippen LogP contribution in [0.3, 0.4) is 0 Å². The topological polar surface area (TPSA) is 72.3 Å². The van der Waals surface area contributed by atoms with Crippen LogP contribution in [0.15, 0.2) is 18.3 Å². The first-order valence-corrected chi connectivity index (χ1v) is 6.94. The Morgan fingerprint density at radius 1 is 1.45 bits per heavy atom. The molecule has 0 bridgehead atoms. The van der Waals surface area contributed by atoms with Crippen molar-refractivity contribution in [3.05, 3.63) is 23.9 Å². The van der Waals surface area contributed by atoms with Gasteiger partial charge in [-0.15, -0.1) is 0 Å². The second-order valence-corrected chi connectivity index (χ2v) is 5.15. The summed E-state index contributed by atoms with van der Waals surface area (Å²) in [6.45, 7) is 3.13. The molecular weight excluding hydrogens is 254 g/mol. The van der Waals surface area contributed by atoms with Crippen LogP contribution in [0.5, 0.6) is 0 Å². The molecule has 2 amide bonds. The monoisotopic (exact) mass is 271 g/mol. The van der Waals surface area contributed by atoms with Crippen molar-refractivity contribution in [3.63, 3.8) is 0 Å². The van der Waals surface area contributed by atoms with Gasteiger partial charge >= 0.3 is 6.03 Å². The van der Waals surface area contributed by atoms with Crippen LogP contribution in [0.25, 0.3) is 0 Å². The fourth-order valence-electron chi connectivity index (χ4n) is 2.97. The number of nitriles is 1. The van der Waals surface area contributed by atoms with Crippen LogP contribution < -0.4 is 10.2 Å². The van der Waals surface area contributed by atoms with E-state index in [9.17, 15) is 10.1 Å². The van der Waals surface area contributed by atoms with Gasteiger partial charge in [-0.05, 0) is 25.0 Å². The zero-order valence-electron chi connectivity index (χ0n) is 11.2. The molecule has 1 aromatic heterocycles. The molecule has 2 saturated heterocycles. The highest BCUT2D eigenvalue weighted by Crippen LogP contribution is 2.24. The van der Waals surface area contributed by atoms with Crippen LogP contribution in [0.1, 0.15) is 18.4 Å². The Morgan fingerprint density at radius 3 is 3.10 bits per heavy atom. The van der Waals surface area contributed by atoms with Crippen LogP contribution in [-0.4, -0.2) is 48.1 Å². The average molecular weight is 271 g/mol. The van der Waals surface area contributed by atoms with Gasteiger partial charge in [0.1, 0.15) is 11.9 Å². The summed E-state index contributed by atoms with van der Waals surface area (Å²) in [5, 5.41) is 12.0. The van der Waals surface area contributed by atoms with Crippen molar-refractivity contribution in [1.29, 1.82) is 5.26 Å². The standard InChI is InChI=1S/C14H17N5O/c15-9-11-3-1-5-16-13(11)18-7-2-4-12(10-18)19-8-6-17-14(19)20/h1,3,5,12H,2,4,6-8,10H2,(H,17,20). The van der Waals surface area contributed by atoms with Crippen LogP contribution in [0.4, 0.5) is 10.6 Å². The van der Waals surface area contributed by atoms with E-state index in [1.54, 1.807) is 18.3 Å². The van der Waals surface area contributed by atoms with Gasteiger partial charge in [0, 0.05) is 32.4 Å². The Kier molecular flexibility index (Phi) is 3.42. The molecule has 0 aliphatic carbocycles. The maximum absolute atomic E-state index is 11.8. The van der Waals surface area contributed by atoms with Crippen molar-refractivity contribution >= 4 is 11.8 Å². The molecule has 2 aliphatic heterocycles. The molecule has 2 fully saturated rings. The molecule has 3 rings (SSSR count). The normalized spacial score (nSPS) is 22.6. The van der Waals surface area contributed by atoms with E-state index in [4.69, 9.17) is 0 Å². The lowest BCUT2D eigenvalue weighted by atomic mass is 10.0. The number of piperidine rings is 1. The van der Waals surface area contributed by atoms with Crippen molar-refractivity contribution < 1.29 is 4.79 Å². The van der Waals surface area contributed by atoms with Gasteiger partial charge in [0.05, 0.1) is 11.6 Å². The van der Waals surface area contributed by atoms with Gasteiger partial charge in [0.2, 0.25) is 0 Å². The van der Waals surface area contributed by atoms with Gasteiger partial charge in [-0.2, -0.15) is 5.26 Å². The predicted octanol–water partition coefficient (Wildman–Crippen LogP) is 0.947. The van der Waals surface area contributed by atoms with Crippen molar-refractivity contribution in [2.24, 2.45) is 0 Å². The van der Waals surface area contributed by atoms with E-state index in [1.165, 1.54) is 0 Å². The number of nitrogens with one attached hydrogen (secondary N) is 1. The number of anilines is 1. The van der Waals surface area contributed by atoms with Crippen LogP contribution >= 0.6 is 0 Å². The molecule has 1 N–H and O–H groups in total. The van der Waals surface area contributed by atoms with Crippen LogP contribution in [0.2, 0.25) is 0 Å². The molecule has 0 saturated carbocycles. The van der Waals surface area contributed by atoms with Crippen molar-refractivity contribution in [1.82, 2.24) is 15.2 Å². The summed E-state index contributed by atoms with van der Waals surface area (Å²) in [6.07, 6.45) is 3.73. The summed E-state index contributed by atoms with van der Waals surface area (Å²) in [5.41, 5.74) is 0.596. The number of nitrogens with zero attached hydrogens (tertiary/aromatic N) is 4. The van der Waals surface area contributed by atoms with Crippen molar-refractivity contribution in [2.75, 3.05) is 31.1 Å². The molecule has 6 nitrogen and oxygen atoms in total. The first-order chi connectivity index (χ1) is 9.79. The molecule has 1 atom stereocenters. The maximum Gasteiger partial charge on any atom is 0.317 e. The number of carbonyl (C=O) groups excluding carboxylic acids is 1. The zero-order valence-corrected chi connectivity index (χ0v) is 11.2. The van der Waals surface area contributed by atoms with E-state index in [0.717, 1.165) is 44.8 Å². The number of amides is 2. The first kappa shape index (κ1) is 12.7. The van der Waals surface area contributed by atoms with Crippen molar-refractivity contribution in [2.45, 2.75) is 18.9 Å². The van der Waals surface area contributed by atoms with Crippen molar-refractivity contribution in [3.8, 4) is 6.07 Å². The maximum atomic E-state index is 11.8. The highest BCUT2D eigenvalue weighted by molar-refractivity contribution is 5.76. The highest BCUT2D eigenvalue weighted by atomic mass is 16.2. The number of hydrogen-bond donors (Lipinski definition) is 1. The third-order valence-corrected chi connectivity index (χ3v) is 3.93. The van der Waals surface area contributed by atoms with Gasteiger partial charge in [-0.1, -0.05) is 0 Å². The quantitative estimate of drug-likeness (QED) is 0.869. The smallest absolute Gasteiger partial charge is 0.317 e. The average Bonchev–Trinajstić information content (AvgIpc) is 2.93. The number of pyridine rings is 1. The minimum atomic E-state index is 0.0263. The second kappa shape index (κ2) is 5.37. The Bertz CT molecular complexity index is 553. The Hall–Kier alpha value is -2.29. The predicted molar refractivity (Wildman–Crippen MR) is 74.3 cm³/mol. The lowest BCUT2D eigenvalue weighted by molar-refractivity contribution is 0.189. The second-order valence-electron chi connectivity index (χ2n) is 5.15. The molecule has 20 heavy (non-hydrogen) atoms. The summed E-state index contributed by atoms with van der Waals surface area (Å²) in [5.74, 6) is 0.735. The Balaban J connectivity index is 1.78. The van der Waals surface area contributed by atoms with Gasteiger partial charge in [-0.3, -0.25) is 0 Å². The Labute approximate surface area is 118 Å². The van der Waals surface area contributed by atoms with Gasteiger partial charge in [0.25, 0.3) is 0 Å². The SMILES string of the molecule is N#Cc1cccnc1N1CCCC(N2CCNC2=O)C1. The van der Waals surface area contributed by atoms with E-state index in [1.807, 2.05) is 4.90 Å². The molecule has 6 heteroatoms. The third-order valence-electron chi connectivity index (χ3n) is 3.93. The number of urea groups is 1. The number of hydrogen-bond acceptors (Lipinski definition) is 4. The number of carbonyl (C=O) groups is 1. The molecule has 1 aromatic rings. The van der Waals surface area contributed by atoms with E-state index < -0.39 is 0 Å². The summed E-state index contributed by atoms with van der Waals surface area (Å²) in [6, 6.07) is 5.98. The lowest BCUT2D eigenvalue weighted by Gasteiger charge is -2.37. The lowest BCUT2D eigenvalue weighted by Crippen LogP contribution is -2.49. The van der Waals surface area contributed by atoms with E-state index in [-0.39, 0.29) is 12.1 Å². The fourth-order valence-corrected chi connectivity index (χ4v) is 2.97. The summed E-state index contributed by atoms with van der Waals surface area (Å²) >= 11 is 0. The summed E-state index contributed by atoms with van der Waals surface area (Å²) in [4.78, 5) is 20.1. The summed E-state index contributed by atoms with van der Waals surface area (Å²) < 4.78 is 0.